The Hall–Kier alpha value is -1.63. The van der Waals surface area contributed by atoms with Crippen LogP contribution in [-0.2, 0) is 20.9 Å². The van der Waals surface area contributed by atoms with E-state index in [1.54, 1.807) is 24.1 Å². The lowest BCUT2D eigenvalue weighted by molar-refractivity contribution is -0.125. The summed E-state index contributed by atoms with van der Waals surface area (Å²) in [5, 5.41) is 3.48. The number of methoxy groups -OCH3 is 1. The van der Waals surface area contributed by atoms with Gasteiger partial charge in [-0.05, 0) is 24.1 Å². The summed E-state index contributed by atoms with van der Waals surface area (Å²) in [5.74, 6) is -0.581. The Bertz CT molecular complexity index is 535. The monoisotopic (exact) mass is 325 g/mol. The molecule has 0 aromatic heterocycles. The normalized spacial score (nSPS) is 21.7. The fourth-order valence-electron chi connectivity index (χ4n) is 2.55. The van der Waals surface area contributed by atoms with Crippen molar-refractivity contribution < 1.29 is 14.3 Å². The fraction of sp³-hybridized carbons (Fsp3) is 0.467. The van der Waals surface area contributed by atoms with E-state index in [0.717, 1.165) is 5.56 Å². The minimum Gasteiger partial charge on any atom is -0.380 e. The van der Waals surface area contributed by atoms with Gasteiger partial charge in [-0.25, -0.2) is 0 Å². The van der Waals surface area contributed by atoms with Crippen LogP contribution in [0.4, 0.5) is 0 Å². The van der Waals surface area contributed by atoms with Crippen LogP contribution in [0.5, 0.6) is 0 Å². The average Bonchev–Trinajstić information content (AvgIpc) is 2.90. The number of likely N-dealkylation sites (tertiary alicyclic amines) is 1. The number of rotatable bonds is 6. The summed E-state index contributed by atoms with van der Waals surface area (Å²) < 4.78 is 5.25. The van der Waals surface area contributed by atoms with Gasteiger partial charge in [-0.2, -0.15) is 0 Å². The Labute approximate surface area is 134 Å². The van der Waals surface area contributed by atoms with E-state index in [9.17, 15) is 9.59 Å². The number of halogens is 1. The van der Waals surface area contributed by atoms with E-state index in [4.69, 9.17) is 22.1 Å². The number of hydrogen-bond acceptors (Lipinski definition) is 4. The summed E-state index contributed by atoms with van der Waals surface area (Å²) >= 11 is 5.81. The van der Waals surface area contributed by atoms with Crippen LogP contribution in [0, 0.1) is 0 Å². The van der Waals surface area contributed by atoms with Gasteiger partial charge in [0.15, 0.2) is 0 Å². The first-order valence-corrected chi connectivity index (χ1v) is 7.44. The lowest BCUT2D eigenvalue weighted by atomic mass is 10.2. The molecule has 7 heteroatoms. The molecule has 6 nitrogen and oxygen atoms in total. The van der Waals surface area contributed by atoms with Crippen LogP contribution in [0.25, 0.3) is 0 Å². The first kappa shape index (κ1) is 16.7. The molecular formula is C15H20ClN3O3. The Morgan fingerprint density at radius 2 is 2.09 bits per heavy atom. The number of ether oxygens (including phenoxy) is 1. The maximum atomic E-state index is 12.0. The maximum absolute atomic E-state index is 12.0. The van der Waals surface area contributed by atoms with Gasteiger partial charge in [-0.3, -0.25) is 14.5 Å². The van der Waals surface area contributed by atoms with Crippen LogP contribution < -0.4 is 11.1 Å². The summed E-state index contributed by atoms with van der Waals surface area (Å²) in [7, 11) is 1.59. The SMILES string of the molecule is CO[C@H]1C[C@@H](C(N)=O)N(CC(=O)NCc2ccc(Cl)cc2)C1. The highest BCUT2D eigenvalue weighted by molar-refractivity contribution is 6.30. The Kier molecular flexibility index (Phi) is 5.76. The Balaban J connectivity index is 1.85. The summed E-state index contributed by atoms with van der Waals surface area (Å²) in [5.41, 5.74) is 6.34. The van der Waals surface area contributed by atoms with Crippen LogP contribution in [0.2, 0.25) is 5.02 Å². The van der Waals surface area contributed by atoms with Gasteiger partial charge in [-0.1, -0.05) is 23.7 Å². The molecule has 1 saturated heterocycles. The van der Waals surface area contributed by atoms with E-state index in [1.807, 2.05) is 12.1 Å². The summed E-state index contributed by atoms with van der Waals surface area (Å²) in [6, 6.07) is 6.80. The highest BCUT2D eigenvalue weighted by Gasteiger charge is 2.36. The number of nitrogens with two attached hydrogens (primary N) is 1. The molecule has 1 aliphatic heterocycles. The van der Waals surface area contributed by atoms with Gasteiger partial charge < -0.3 is 15.8 Å². The zero-order chi connectivity index (χ0) is 16.1. The zero-order valence-corrected chi connectivity index (χ0v) is 13.2. The lowest BCUT2D eigenvalue weighted by Gasteiger charge is -2.20. The van der Waals surface area contributed by atoms with E-state index < -0.39 is 11.9 Å². The maximum Gasteiger partial charge on any atom is 0.234 e. The minimum absolute atomic E-state index is 0.0680. The second-order valence-electron chi connectivity index (χ2n) is 5.34. The fourth-order valence-corrected chi connectivity index (χ4v) is 2.67. The smallest absolute Gasteiger partial charge is 0.234 e. The molecule has 1 aromatic rings. The van der Waals surface area contributed by atoms with Crippen molar-refractivity contribution in [1.82, 2.24) is 10.2 Å². The molecule has 120 valence electrons. The van der Waals surface area contributed by atoms with Gasteiger partial charge in [0.25, 0.3) is 0 Å². The molecule has 0 spiro atoms. The predicted molar refractivity (Wildman–Crippen MR) is 83.3 cm³/mol. The van der Waals surface area contributed by atoms with Gasteiger partial charge in [0.2, 0.25) is 11.8 Å². The van der Waals surface area contributed by atoms with Crippen LogP contribution in [0.1, 0.15) is 12.0 Å². The number of carbonyl (C=O) groups is 2. The van der Waals surface area contributed by atoms with Crippen LogP contribution in [-0.4, -0.2) is 49.1 Å². The molecular weight excluding hydrogens is 306 g/mol. The highest BCUT2D eigenvalue weighted by Crippen LogP contribution is 2.19. The second kappa shape index (κ2) is 7.58. The third-order valence-corrected chi connectivity index (χ3v) is 4.03. The standard InChI is InChI=1S/C15H20ClN3O3/c1-22-12-6-13(15(17)21)19(8-12)9-14(20)18-7-10-2-4-11(16)5-3-10/h2-5,12-13H,6-9H2,1H3,(H2,17,21)(H,18,20)/t12-,13-/m0/s1. The van der Waals surface area contributed by atoms with Gasteiger partial charge >= 0.3 is 0 Å². The molecule has 3 N–H and O–H groups in total. The summed E-state index contributed by atoms with van der Waals surface area (Å²) in [6.07, 6.45) is 0.456. The van der Waals surface area contributed by atoms with E-state index in [2.05, 4.69) is 5.32 Å². The van der Waals surface area contributed by atoms with Gasteiger partial charge in [-0.15, -0.1) is 0 Å². The molecule has 1 heterocycles. The van der Waals surface area contributed by atoms with Crippen molar-refractivity contribution in [2.24, 2.45) is 5.73 Å². The van der Waals surface area contributed by atoms with Crippen molar-refractivity contribution in [2.75, 3.05) is 20.2 Å². The molecule has 1 aliphatic rings. The molecule has 1 aromatic carbocycles. The van der Waals surface area contributed by atoms with Crippen molar-refractivity contribution in [3.05, 3.63) is 34.9 Å². The number of nitrogens with one attached hydrogen (secondary N) is 1. The molecule has 0 unspecified atom stereocenters. The molecule has 0 bridgehead atoms. The predicted octanol–water partition coefficient (Wildman–Crippen LogP) is 0.531. The quantitative estimate of drug-likeness (QED) is 0.799. The molecule has 0 aliphatic carbocycles. The van der Waals surface area contributed by atoms with E-state index >= 15 is 0 Å². The van der Waals surface area contributed by atoms with Crippen LogP contribution in [0.15, 0.2) is 24.3 Å². The van der Waals surface area contributed by atoms with Gasteiger partial charge in [0, 0.05) is 25.2 Å². The van der Waals surface area contributed by atoms with Crippen molar-refractivity contribution in [3.8, 4) is 0 Å². The van der Waals surface area contributed by atoms with Crippen LogP contribution in [0.3, 0.4) is 0 Å². The highest BCUT2D eigenvalue weighted by atomic mass is 35.5. The zero-order valence-electron chi connectivity index (χ0n) is 12.4. The third-order valence-electron chi connectivity index (χ3n) is 3.78. The first-order valence-electron chi connectivity index (χ1n) is 7.07. The Morgan fingerprint density at radius 3 is 2.68 bits per heavy atom. The van der Waals surface area contributed by atoms with Gasteiger partial charge in [0.1, 0.15) is 0 Å². The molecule has 22 heavy (non-hydrogen) atoms. The van der Waals surface area contributed by atoms with Crippen LogP contribution >= 0.6 is 11.6 Å². The molecule has 2 amide bonds. The minimum atomic E-state index is -0.453. The summed E-state index contributed by atoms with van der Waals surface area (Å²) in [6.45, 7) is 1.07. The van der Waals surface area contributed by atoms with Crippen molar-refractivity contribution >= 4 is 23.4 Å². The molecule has 1 fully saturated rings. The van der Waals surface area contributed by atoms with Crippen molar-refractivity contribution in [3.63, 3.8) is 0 Å². The third kappa shape index (κ3) is 4.43. The molecule has 0 saturated carbocycles. The number of nitrogens with zero attached hydrogens (tertiary/aromatic N) is 1. The van der Waals surface area contributed by atoms with Crippen molar-refractivity contribution in [1.29, 1.82) is 0 Å². The average molecular weight is 326 g/mol. The number of amides is 2. The number of hydrogen-bond donors (Lipinski definition) is 2. The topological polar surface area (TPSA) is 84.7 Å². The Morgan fingerprint density at radius 1 is 1.41 bits per heavy atom. The van der Waals surface area contributed by atoms with Gasteiger partial charge in [0.05, 0.1) is 18.7 Å². The lowest BCUT2D eigenvalue weighted by Crippen LogP contribution is -2.45. The first-order chi connectivity index (χ1) is 10.5. The largest absolute Gasteiger partial charge is 0.380 e. The van der Waals surface area contributed by atoms with E-state index in [0.29, 0.717) is 24.5 Å². The molecule has 0 radical (unpaired) electrons. The molecule has 2 rings (SSSR count). The molecule has 2 atom stereocenters. The van der Waals surface area contributed by atoms with Crippen molar-refractivity contribution in [2.45, 2.75) is 25.1 Å². The summed E-state index contributed by atoms with van der Waals surface area (Å²) in [4.78, 5) is 25.2. The van der Waals surface area contributed by atoms with E-state index in [-0.39, 0.29) is 18.6 Å². The number of carbonyl (C=O) groups excluding carboxylic acids is 2. The number of benzene rings is 1. The second-order valence-corrected chi connectivity index (χ2v) is 5.78. The van der Waals surface area contributed by atoms with E-state index in [1.165, 1.54) is 0 Å². The number of primary amides is 1.